The number of carbonyl (C=O) groups is 1. The SMILES string of the molecule is COC1=CC=CCCC(N2CCN(C(=O)CCCC3N=C(c4ccc(F)c(C)c4)C(C)C=C3c3ccccc3)CC2)=C1. The zero-order valence-corrected chi connectivity index (χ0v) is 25.1. The summed E-state index contributed by atoms with van der Waals surface area (Å²) in [6.07, 6.45) is 14.7. The minimum atomic E-state index is -0.200. The molecule has 0 N–H and O–H groups in total. The largest absolute Gasteiger partial charge is 0.497 e. The van der Waals surface area contributed by atoms with Gasteiger partial charge in [0.15, 0.2) is 0 Å². The molecule has 3 aliphatic rings. The summed E-state index contributed by atoms with van der Waals surface area (Å²) in [6.45, 7) is 7.09. The molecule has 2 heterocycles. The maximum absolute atomic E-state index is 14.0. The van der Waals surface area contributed by atoms with E-state index in [4.69, 9.17) is 9.73 Å². The van der Waals surface area contributed by atoms with E-state index < -0.39 is 0 Å². The van der Waals surface area contributed by atoms with E-state index in [1.54, 1.807) is 14.0 Å². The predicted octanol–water partition coefficient (Wildman–Crippen LogP) is 7.10. The summed E-state index contributed by atoms with van der Waals surface area (Å²) in [6, 6.07) is 15.6. The molecule has 0 bridgehead atoms. The number of aliphatic imine (C=N–C) groups is 1. The average Bonchev–Trinajstić information content (AvgIpc) is 3.00. The monoisotopic (exact) mass is 567 g/mol. The van der Waals surface area contributed by atoms with Crippen molar-refractivity contribution in [2.24, 2.45) is 10.9 Å². The van der Waals surface area contributed by atoms with Gasteiger partial charge >= 0.3 is 0 Å². The van der Waals surface area contributed by atoms with Crippen molar-refractivity contribution < 1.29 is 13.9 Å². The number of amides is 1. The molecule has 0 saturated carbocycles. The van der Waals surface area contributed by atoms with Crippen LogP contribution in [0.3, 0.4) is 0 Å². The Morgan fingerprint density at radius 2 is 1.86 bits per heavy atom. The van der Waals surface area contributed by atoms with Gasteiger partial charge in [-0.05, 0) is 79.2 Å². The van der Waals surface area contributed by atoms with E-state index in [0.717, 1.165) is 68.9 Å². The summed E-state index contributed by atoms with van der Waals surface area (Å²) in [4.78, 5) is 22.9. The second kappa shape index (κ2) is 13.8. The highest BCUT2D eigenvalue weighted by atomic mass is 19.1. The van der Waals surface area contributed by atoms with Crippen LogP contribution in [0, 0.1) is 18.7 Å². The molecular weight excluding hydrogens is 525 g/mol. The highest BCUT2D eigenvalue weighted by molar-refractivity contribution is 6.05. The van der Waals surface area contributed by atoms with Crippen molar-refractivity contribution >= 4 is 17.2 Å². The Bertz CT molecular complexity index is 1410. The zero-order valence-electron chi connectivity index (χ0n) is 25.1. The molecule has 5 rings (SSSR count). The number of hydrogen-bond donors (Lipinski definition) is 0. The van der Waals surface area contributed by atoms with Crippen molar-refractivity contribution in [3.8, 4) is 0 Å². The number of allylic oxidation sites excluding steroid dienone is 6. The Morgan fingerprint density at radius 3 is 2.60 bits per heavy atom. The van der Waals surface area contributed by atoms with Crippen molar-refractivity contribution in [3.63, 3.8) is 0 Å². The van der Waals surface area contributed by atoms with E-state index in [0.29, 0.717) is 12.0 Å². The lowest BCUT2D eigenvalue weighted by Gasteiger charge is -2.37. The van der Waals surface area contributed by atoms with Crippen molar-refractivity contribution in [2.45, 2.75) is 52.0 Å². The maximum atomic E-state index is 14.0. The molecule has 0 aromatic heterocycles. The quantitative estimate of drug-likeness (QED) is 0.342. The molecule has 6 heteroatoms. The third-order valence-corrected chi connectivity index (χ3v) is 8.49. The van der Waals surface area contributed by atoms with Crippen LogP contribution < -0.4 is 0 Å². The Balaban J connectivity index is 1.22. The number of piperazine rings is 1. The number of ether oxygens (including phenoxy) is 1. The summed E-state index contributed by atoms with van der Waals surface area (Å²) < 4.78 is 19.5. The van der Waals surface area contributed by atoms with Crippen LogP contribution in [0.5, 0.6) is 0 Å². The fourth-order valence-electron chi connectivity index (χ4n) is 6.09. The zero-order chi connectivity index (χ0) is 29.5. The van der Waals surface area contributed by atoms with Gasteiger partial charge in [-0.2, -0.15) is 0 Å². The fraction of sp³-hybridized carbons (Fsp3) is 0.389. The van der Waals surface area contributed by atoms with Gasteiger partial charge in [-0.15, -0.1) is 0 Å². The number of rotatable bonds is 8. The minimum absolute atomic E-state index is 0.0445. The third-order valence-electron chi connectivity index (χ3n) is 8.49. The first-order chi connectivity index (χ1) is 20.4. The van der Waals surface area contributed by atoms with Crippen molar-refractivity contribution in [1.82, 2.24) is 9.80 Å². The number of hydrogen-bond acceptors (Lipinski definition) is 4. The third kappa shape index (κ3) is 7.10. The lowest BCUT2D eigenvalue weighted by Crippen LogP contribution is -2.48. The maximum Gasteiger partial charge on any atom is 0.222 e. The molecule has 2 atom stereocenters. The van der Waals surface area contributed by atoms with E-state index in [1.807, 2.05) is 35.3 Å². The predicted molar refractivity (Wildman–Crippen MR) is 169 cm³/mol. The first-order valence-electron chi connectivity index (χ1n) is 15.2. The molecule has 2 aromatic carbocycles. The summed E-state index contributed by atoms with van der Waals surface area (Å²) in [5.41, 5.74) is 6.22. The van der Waals surface area contributed by atoms with Crippen LogP contribution in [-0.4, -0.2) is 60.7 Å². The first-order valence-corrected chi connectivity index (χ1v) is 15.2. The van der Waals surface area contributed by atoms with Crippen molar-refractivity contribution in [1.29, 1.82) is 0 Å². The smallest absolute Gasteiger partial charge is 0.222 e. The second-order valence-electron chi connectivity index (χ2n) is 11.4. The molecule has 42 heavy (non-hydrogen) atoms. The van der Waals surface area contributed by atoms with Crippen LogP contribution in [0.2, 0.25) is 0 Å². The standard InChI is InChI=1S/C36H42FN3O2/c1-26-23-29(17-18-33(26)37)36-27(2)24-32(28-11-6-4-7-12-28)34(38-36)15-10-16-35(41)40-21-19-39(20-22-40)30-13-8-5-9-14-31(25-30)42-3/h4-7,9,11-12,14,17-18,23-25,27,34H,8,10,13,15-16,19-22H2,1-3H3. The van der Waals surface area contributed by atoms with Crippen LogP contribution in [0.1, 0.15) is 55.7 Å². The van der Waals surface area contributed by atoms with E-state index in [9.17, 15) is 9.18 Å². The lowest BCUT2D eigenvalue weighted by atomic mass is 9.85. The molecule has 0 spiro atoms. The van der Waals surface area contributed by atoms with Crippen LogP contribution in [0.4, 0.5) is 4.39 Å². The normalized spacial score (nSPS) is 21.0. The van der Waals surface area contributed by atoms with Gasteiger partial charge in [0.1, 0.15) is 11.6 Å². The molecule has 220 valence electrons. The number of aryl methyl sites for hydroxylation is 1. The van der Waals surface area contributed by atoms with Gasteiger partial charge in [-0.3, -0.25) is 9.79 Å². The Labute approximate surface area is 249 Å². The molecule has 2 aliphatic heterocycles. The molecule has 1 amide bonds. The minimum Gasteiger partial charge on any atom is -0.497 e. The summed E-state index contributed by atoms with van der Waals surface area (Å²) in [5, 5.41) is 0. The van der Waals surface area contributed by atoms with Crippen LogP contribution in [0.25, 0.3) is 5.57 Å². The molecule has 1 saturated heterocycles. The van der Waals surface area contributed by atoms with Gasteiger partial charge in [-0.1, -0.05) is 61.5 Å². The van der Waals surface area contributed by atoms with E-state index in [2.05, 4.69) is 54.3 Å². The van der Waals surface area contributed by atoms with Crippen molar-refractivity contribution in [3.05, 3.63) is 113 Å². The molecule has 1 fully saturated rings. The van der Waals surface area contributed by atoms with Gasteiger partial charge in [0.05, 0.1) is 13.2 Å². The van der Waals surface area contributed by atoms with Gasteiger partial charge in [-0.25, -0.2) is 4.39 Å². The molecule has 2 unspecified atom stereocenters. The van der Waals surface area contributed by atoms with Gasteiger partial charge in [0.2, 0.25) is 5.91 Å². The van der Waals surface area contributed by atoms with Crippen LogP contribution >= 0.6 is 0 Å². The fourth-order valence-corrected chi connectivity index (χ4v) is 6.09. The van der Waals surface area contributed by atoms with E-state index in [-0.39, 0.29) is 23.7 Å². The topological polar surface area (TPSA) is 45.1 Å². The second-order valence-corrected chi connectivity index (χ2v) is 11.4. The number of halogens is 1. The van der Waals surface area contributed by atoms with Crippen LogP contribution in [0.15, 0.2) is 95.4 Å². The molecule has 1 aliphatic carbocycles. The average molecular weight is 568 g/mol. The van der Waals surface area contributed by atoms with E-state index in [1.165, 1.54) is 22.9 Å². The number of dihydropyridines is 1. The Kier molecular flexibility index (Phi) is 9.73. The highest BCUT2D eigenvalue weighted by Gasteiger charge is 2.27. The molecule has 2 aromatic rings. The highest BCUT2D eigenvalue weighted by Crippen LogP contribution is 2.33. The van der Waals surface area contributed by atoms with Gasteiger partial charge < -0.3 is 14.5 Å². The molecule has 5 nitrogen and oxygen atoms in total. The summed E-state index contributed by atoms with van der Waals surface area (Å²) >= 11 is 0. The van der Waals surface area contributed by atoms with Gasteiger partial charge in [0, 0.05) is 49.9 Å². The van der Waals surface area contributed by atoms with E-state index >= 15 is 0 Å². The first kappa shape index (κ1) is 29.6. The summed E-state index contributed by atoms with van der Waals surface area (Å²) in [5.74, 6) is 0.989. The van der Waals surface area contributed by atoms with Gasteiger partial charge in [0.25, 0.3) is 0 Å². The Hall–Kier alpha value is -3.93. The molecular formula is C36H42FN3O2. The molecule has 0 radical (unpaired) electrons. The lowest BCUT2D eigenvalue weighted by molar-refractivity contribution is -0.132. The Morgan fingerprint density at radius 1 is 1.07 bits per heavy atom. The van der Waals surface area contributed by atoms with Crippen molar-refractivity contribution in [2.75, 3.05) is 33.3 Å². The number of carbonyl (C=O) groups excluding carboxylic acids is 1. The number of nitrogens with zero attached hydrogens (tertiary/aromatic N) is 3. The summed E-state index contributed by atoms with van der Waals surface area (Å²) in [7, 11) is 1.70. The number of methoxy groups -OCH3 is 1. The number of benzene rings is 2. The van der Waals surface area contributed by atoms with Crippen LogP contribution in [-0.2, 0) is 9.53 Å².